The van der Waals surface area contributed by atoms with Crippen molar-refractivity contribution in [3.8, 4) is 0 Å². The molecule has 0 atom stereocenters. The molecule has 4 aromatic rings. The van der Waals surface area contributed by atoms with Gasteiger partial charge in [-0.3, -0.25) is 9.69 Å². The molecule has 0 saturated carbocycles. The molecule has 0 N–H and O–H groups in total. The SMILES string of the molecule is O=C(OCC(=O)N1c2ccccc2Sc2ccccc21)c1cn2ccccc2n1. The van der Waals surface area contributed by atoms with Gasteiger partial charge < -0.3 is 9.14 Å². The van der Waals surface area contributed by atoms with Crippen LogP contribution >= 0.6 is 11.8 Å². The average molecular weight is 401 g/mol. The monoisotopic (exact) mass is 401 g/mol. The van der Waals surface area contributed by atoms with E-state index in [-0.39, 0.29) is 18.2 Å². The molecule has 29 heavy (non-hydrogen) atoms. The highest BCUT2D eigenvalue weighted by Crippen LogP contribution is 2.47. The minimum Gasteiger partial charge on any atom is -0.451 e. The molecule has 1 amide bonds. The van der Waals surface area contributed by atoms with Gasteiger partial charge in [0.05, 0.1) is 11.4 Å². The molecule has 1 aliphatic heterocycles. The van der Waals surface area contributed by atoms with Crippen molar-refractivity contribution in [3.63, 3.8) is 0 Å². The summed E-state index contributed by atoms with van der Waals surface area (Å²) in [6, 6.07) is 20.8. The molecule has 0 saturated heterocycles. The zero-order chi connectivity index (χ0) is 19.8. The third-order valence-electron chi connectivity index (χ3n) is 4.58. The smallest absolute Gasteiger partial charge is 0.359 e. The Morgan fingerprint density at radius 2 is 1.55 bits per heavy atom. The zero-order valence-corrected chi connectivity index (χ0v) is 16.0. The molecular formula is C22H15N3O3S. The summed E-state index contributed by atoms with van der Waals surface area (Å²) >= 11 is 1.61. The number of imidazole rings is 1. The molecule has 7 heteroatoms. The van der Waals surface area contributed by atoms with Crippen molar-refractivity contribution in [2.75, 3.05) is 11.5 Å². The summed E-state index contributed by atoms with van der Waals surface area (Å²) in [7, 11) is 0. The number of para-hydroxylation sites is 2. The summed E-state index contributed by atoms with van der Waals surface area (Å²) in [4.78, 5) is 33.3. The van der Waals surface area contributed by atoms with Crippen LogP contribution in [0.15, 0.2) is 88.9 Å². The Labute approximate surface area is 170 Å². The van der Waals surface area contributed by atoms with E-state index in [1.165, 1.54) is 0 Å². The predicted molar refractivity (Wildman–Crippen MR) is 110 cm³/mol. The van der Waals surface area contributed by atoms with E-state index < -0.39 is 5.97 Å². The Morgan fingerprint density at radius 1 is 0.897 bits per heavy atom. The Hall–Kier alpha value is -3.58. The quantitative estimate of drug-likeness (QED) is 0.479. The van der Waals surface area contributed by atoms with Crippen molar-refractivity contribution >= 4 is 40.7 Å². The van der Waals surface area contributed by atoms with Crippen molar-refractivity contribution in [2.24, 2.45) is 0 Å². The number of pyridine rings is 1. The van der Waals surface area contributed by atoms with E-state index in [2.05, 4.69) is 4.98 Å². The molecule has 0 bridgehead atoms. The average Bonchev–Trinajstić information content (AvgIpc) is 3.20. The van der Waals surface area contributed by atoms with Crippen LogP contribution in [0.25, 0.3) is 5.65 Å². The lowest BCUT2D eigenvalue weighted by molar-refractivity contribution is -0.121. The first-order valence-electron chi connectivity index (χ1n) is 9.00. The summed E-state index contributed by atoms with van der Waals surface area (Å²) in [5, 5.41) is 0. The number of ether oxygens (including phenoxy) is 1. The maximum Gasteiger partial charge on any atom is 0.359 e. The number of hydrogen-bond acceptors (Lipinski definition) is 5. The van der Waals surface area contributed by atoms with Crippen LogP contribution in [0.4, 0.5) is 11.4 Å². The fourth-order valence-electron chi connectivity index (χ4n) is 3.27. The lowest BCUT2D eigenvalue weighted by Gasteiger charge is -2.30. The fourth-order valence-corrected chi connectivity index (χ4v) is 4.33. The number of rotatable bonds is 3. The Bertz CT molecular complexity index is 1170. The predicted octanol–water partition coefficient (Wildman–Crippen LogP) is 4.32. The third kappa shape index (κ3) is 3.15. The van der Waals surface area contributed by atoms with Gasteiger partial charge >= 0.3 is 5.97 Å². The standard InChI is InChI=1S/C22H15N3O3S/c26-21(14-28-22(27)15-13-24-12-6-5-11-20(24)23-15)25-16-7-1-3-9-18(16)29-19-10-4-2-8-17(19)25/h1-13H,14H2. The van der Waals surface area contributed by atoms with E-state index in [1.807, 2.05) is 60.7 Å². The molecule has 5 rings (SSSR count). The van der Waals surface area contributed by atoms with Crippen LogP contribution < -0.4 is 4.90 Å². The van der Waals surface area contributed by atoms with Crippen LogP contribution in [-0.4, -0.2) is 27.9 Å². The maximum atomic E-state index is 13.0. The van der Waals surface area contributed by atoms with Gasteiger partial charge in [-0.2, -0.15) is 0 Å². The first-order valence-corrected chi connectivity index (χ1v) is 9.82. The second-order valence-corrected chi connectivity index (χ2v) is 7.52. The summed E-state index contributed by atoms with van der Waals surface area (Å²) < 4.78 is 7.02. The van der Waals surface area contributed by atoms with E-state index >= 15 is 0 Å². The van der Waals surface area contributed by atoms with Gasteiger partial charge in [-0.05, 0) is 36.4 Å². The summed E-state index contributed by atoms with van der Waals surface area (Å²) in [5.41, 5.74) is 2.37. The number of aromatic nitrogens is 2. The molecule has 0 aliphatic carbocycles. The van der Waals surface area contributed by atoms with E-state index in [1.54, 1.807) is 39.5 Å². The van der Waals surface area contributed by atoms with Crippen LogP contribution in [-0.2, 0) is 9.53 Å². The molecular weight excluding hydrogens is 386 g/mol. The van der Waals surface area contributed by atoms with E-state index in [4.69, 9.17) is 4.74 Å². The van der Waals surface area contributed by atoms with Crippen molar-refractivity contribution in [1.82, 2.24) is 9.38 Å². The molecule has 1 aliphatic rings. The third-order valence-corrected chi connectivity index (χ3v) is 5.71. The Balaban J connectivity index is 1.39. The number of hydrogen-bond donors (Lipinski definition) is 0. The van der Waals surface area contributed by atoms with Gasteiger partial charge in [-0.1, -0.05) is 42.1 Å². The van der Waals surface area contributed by atoms with Crippen LogP contribution in [0.1, 0.15) is 10.5 Å². The molecule has 0 radical (unpaired) electrons. The summed E-state index contributed by atoms with van der Waals surface area (Å²) in [6.45, 7) is -0.375. The van der Waals surface area contributed by atoms with Crippen LogP contribution in [0.5, 0.6) is 0 Å². The minimum absolute atomic E-state index is 0.166. The first kappa shape index (κ1) is 17.5. The van der Waals surface area contributed by atoms with Crippen LogP contribution in [0.3, 0.4) is 0 Å². The van der Waals surface area contributed by atoms with Crippen molar-refractivity contribution < 1.29 is 14.3 Å². The number of amides is 1. The first-order chi connectivity index (χ1) is 14.2. The highest BCUT2D eigenvalue weighted by molar-refractivity contribution is 7.99. The Kier molecular flexibility index (Phi) is 4.29. The van der Waals surface area contributed by atoms with Crippen molar-refractivity contribution in [2.45, 2.75) is 9.79 Å². The molecule has 6 nitrogen and oxygen atoms in total. The van der Waals surface area contributed by atoms with Gasteiger partial charge in [0, 0.05) is 22.2 Å². The summed E-state index contributed by atoms with van der Waals surface area (Å²) in [5.74, 6) is -0.947. The number of carbonyl (C=O) groups is 2. The van der Waals surface area contributed by atoms with Gasteiger partial charge in [-0.25, -0.2) is 9.78 Å². The molecule has 3 heterocycles. The molecule has 2 aromatic heterocycles. The van der Waals surface area contributed by atoms with Gasteiger partial charge in [0.2, 0.25) is 0 Å². The lowest BCUT2D eigenvalue weighted by Crippen LogP contribution is -2.32. The van der Waals surface area contributed by atoms with Gasteiger partial charge in [0.25, 0.3) is 5.91 Å². The number of fused-ring (bicyclic) bond motifs is 3. The lowest BCUT2D eigenvalue weighted by atomic mass is 10.2. The van der Waals surface area contributed by atoms with Crippen LogP contribution in [0.2, 0.25) is 0 Å². The number of anilines is 2. The molecule has 142 valence electrons. The molecule has 0 spiro atoms. The Morgan fingerprint density at radius 3 is 2.24 bits per heavy atom. The van der Waals surface area contributed by atoms with Gasteiger partial charge in [0.15, 0.2) is 12.3 Å². The molecule has 0 fully saturated rings. The second-order valence-electron chi connectivity index (χ2n) is 6.44. The maximum absolute atomic E-state index is 13.0. The largest absolute Gasteiger partial charge is 0.451 e. The fraction of sp³-hybridized carbons (Fsp3) is 0.0455. The van der Waals surface area contributed by atoms with E-state index in [9.17, 15) is 9.59 Å². The van der Waals surface area contributed by atoms with Gasteiger partial charge in [-0.15, -0.1) is 0 Å². The number of benzene rings is 2. The highest BCUT2D eigenvalue weighted by Gasteiger charge is 2.28. The van der Waals surface area contributed by atoms with Gasteiger partial charge in [0.1, 0.15) is 5.65 Å². The normalized spacial score (nSPS) is 12.3. The number of nitrogens with zero attached hydrogens (tertiary/aromatic N) is 3. The number of esters is 1. The highest BCUT2D eigenvalue weighted by atomic mass is 32.2. The van der Waals surface area contributed by atoms with E-state index in [0.717, 1.165) is 21.2 Å². The van der Waals surface area contributed by atoms with Crippen molar-refractivity contribution in [1.29, 1.82) is 0 Å². The minimum atomic E-state index is -0.630. The molecule has 2 aromatic carbocycles. The van der Waals surface area contributed by atoms with Crippen LogP contribution in [0, 0.1) is 0 Å². The summed E-state index contributed by atoms with van der Waals surface area (Å²) in [6.07, 6.45) is 3.38. The second kappa shape index (κ2) is 7.10. The zero-order valence-electron chi connectivity index (χ0n) is 15.2. The van der Waals surface area contributed by atoms with Crippen molar-refractivity contribution in [3.05, 3.63) is 84.8 Å². The van der Waals surface area contributed by atoms with E-state index in [0.29, 0.717) is 5.65 Å². The topological polar surface area (TPSA) is 63.9 Å². The number of carbonyl (C=O) groups excluding carboxylic acids is 2. The molecule has 0 unspecified atom stereocenters.